The fourth-order valence-electron chi connectivity index (χ4n) is 4.29. The lowest BCUT2D eigenvalue weighted by atomic mass is 9.95. The Morgan fingerprint density at radius 2 is 1.79 bits per heavy atom. The van der Waals surface area contributed by atoms with Gasteiger partial charge in [-0.2, -0.15) is 5.10 Å². The van der Waals surface area contributed by atoms with E-state index < -0.39 is 12.0 Å². The summed E-state index contributed by atoms with van der Waals surface area (Å²) in [5, 5.41) is 17.6. The molecule has 1 aliphatic rings. The molecule has 0 bridgehead atoms. The molecule has 1 aliphatic heterocycles. The number of ether oxygens (including phenoxy) is 1. The maximum atomic E-state index is 13.4. The molecule has 0 fully saturated rings. The molecule has 0 spiro atoms. The van der Waals surface area contributed by atoms with Crippen LogP contribution >= 0.6 is 0 Å². The Hall–Kier alpha value is -4.46. The lowest BCUT2D eigenvalue weighted by Gasteiger charge is -2.26. The number of benzene rings is 3. The molecule has 1 atom stereocenters. The normalized spacial score (nSPS) is 14.8. The summed E-state index contributed by atoms with van der Waals surface area (Å²) in [5.41, 5.74) is 3.79. The van der Waals surface area contributed by atoms with E-state index >= 15 is 0 Å². The van der Waals surface area contributed by atoms with Gasteiger partial charge in [0.05, 0.1) is 18.7 Å². The van der Waals surface area contributed by atoms with Gasteiger partial charge in [0.25, 0.3) is 5.91 Å². The van der Waals surface area contributed by atoms with E-state index in [1.807, 2.05) is 0 Å². The molecule has 3 aromatic carbocycles. The monoisotopic (exact) mass is 457 g/mol. The number of amides is 1. The largest absolute Gasteiger partial charge is 0.507 e. The van der Waals surface area contributed by atoms with E-state index in [4.69, 9.17) is 4.74 Å². The van der Waals surface area contributed by atoms with Crippen LogP contribution in [-0.4, -0.2) is 39.2 Å². The highest BCUT2D eigenvalue weighted by Crippen LogP contribution is 2.45. The van der Waals surface area contributed by atoms with Gasteiger partial charge in [0.1, 0.15) is 23.0 Å². The maximum Gasteiger partial charge on any atom is 0.337 e. The number of esters is 1. The molecule has 0 radical (unpaired) electrons. The van der Waals surface area contributed by atoms with Gasteiger partial charge >= 0.3 is 5.97 Å². The molecule has 2 N–H and O–H groups in total. The highest BCUT2D eigenvalue weighted by Gasteiger charge is 2.42. The van der Waals surface area contributed by atoms with Crippen LogP contribution < -0.4 is 0 Å². The molecule has 0 saturated heterocycles. The van der Waals surface area contributed by atoms with Gasteiger partial charge in [-0.3, -0.25) is 9.89 Å². The predicted octanol–water partition coefficient (Wildman–Crippen LogP) is 4.45. The molecule has 1 unspecified atom stereocenters. The van der Waals surface area contributed by atoms with Crippen molar-refractivity contribution in [2.24, 2.45) is 0 Å². The number of para-hydroxylation sites is 1. The molecule has 1 amide bonds. The second-order valence-electron chi connectivity index (χ2n) is 7.95. The molecular formula is C26H20FN3O4. The number of carbonyl (C=O) groups excluding carboxylic acids is 2. The van der Waals surface area contributed by atoms with Gasteiger partial charge in [0.2, 0.25) is 0 Å². The molecular weight excluding hydrogens is 437 g/mol. The van der Waals surface area contributed by atoms with Crippen LogP contribution in [0.5, 0.6) is 5.75 Å². The van der Waals surface area contributed by atoms with Crippen LogP contribution in [0, 0.1) is 5.82 Å². The third-order valence-corrected chi connectivity index (χ3v) is 5.94. The van der Waals surface area contributed by atoms with Crippen molar-refractivity contribution in [2.75, 3.05) is 7.11 Å². The number of nitrogens with one attached hydrogen (secondary N) is 1. The summed E-state index contributed by atoms with van der Waals surface area (Å²) in [6, 6.07) is 19.0. The van der Waals surface area contributed by atoms with Crippen LogP contribution in [0.3, 0.4) is 0 Å². The van der Waals surface area contributed by atoms with Crippen molar-refractivity contribution in [3.05, 3.63) is 107 Å². The summed E-state index contributed by atoms with van der Waals surface area (Å²) in [4.78, 5) is 27.0. The molecule has 0 saturated carbocycles. The quantitative estimate of drug-likeness (QED) is 0.432. The smallest absolute Gasteiger partial charge is 0.337 e. The number of phenolic OH excluding ortho intramolecular Hbond substituents is 1. The highest BCUT2D eigenvalue weighted by molar-refractivity contribution is 6.00. The van der Waals surface area contributed by atoms with Gasteiger partial charge in [-0.15, -0.1) is 0 Å². The Labute approximate surface area is 194 Å². The summed E-state index contributed by atoms with van der Waals surface area (Å²) in [5.74, 6) is -1.05. The number of phenols is 1. The summed E-state index contributed by atoms with van der Waals surface area (Å²) in [6.45, 7) is 0.227. The topological polar surface area (TPSA) is 95.5 Å². The first-order valence-electron chi connectivity index (χ1n) is 10.6. The minimum atomic E-state index is -0.549. The number of hydrogen-bond acceptors (Lipinski definition) is 5. The van der Waals surface area contributed by atoms with Crippen molar-refractivity contribution >= 4 is 11.9 Å². The van der Waals surface area contributed by atoms with Crippen LogP contribution in [-0.2, 0) is 11.3 Å². The van der Waals surface area contributed by atoms with Crippen molar-refractivity contribution < 1.29 is 23.8 Å². The van der Waals surface area contributed by atoms with Crippen molar-refractivity contribution in [3.8, 4) is 17.0 Å². The average Bonchev–Trinajstić information content (AvgIpc) is 3.39. The van der Waals surface area contributed by atoms with Crippen molar-refractivity contribution in [2.45, 2.75) is 12.6 Å². The third kappa shape index (κ3) is 3.59. The molecule has 5 rings (SSSR count). The molecule has 2 heterocycles. The van der Waals surface area contributed by atoms with Crippen molar-refractivity contribution in [1.82, 2.24) is 15.1 Å². The highest BCUT2D eigenvalue weighted by atomic mass is 19.1. The number of H-pyrrole nitrogens is 1. The second-order valence-corrected chi connectivity index (χ2v) is 7.95. The van der Waals surface area contributed by atoms with Gasteiger partial charge in [0.15, 0.2) is 0 Å². The predicted molar refractivity (Wildman–Crippen MR) is 122 cm³/mol. The number of carbonyl (C=O) groups is 2. The first-order chi connectivity index (χ1) is 16.5. The van der Waals surface area contributed by atoms with Crippen molar-refractivity contribution in [3.63, 3.8) is 0 Å². The molecule has 8 heteroatoms. The standard InChI is InChI=1S/C26H20FN3O4/c1-34-26(33)17-10-8-16(9-11-17)24-21-22(19-4-2-3-5-20(19)31)28-29-23(21)25(32)30(24)14-15-6-12-18(27)13-7-15/h2-13,24,31H,14H2,1H3,(H,28,29). The summed E-state index contributed by atoms with van der Waals surface area (Å²) >= 11 is 0. The van der Waals surface area contributed by atoms with Crippen LogP contribution in [0.15, 0.2) is 72.8 Å². The zero-order valence-electron chi connectivity index (χ0n) is 18.2. The van der Waals surface area contributed by atoms with E-state index in [0.29, 0.717) is 28.1 Å². The lowest BCUT2D eigenvalue weighted by Crippen LogP contribution is -2.29. The molecule has 170 valence electrons. The number of aromatic amines is 1. The SMILES string of the molecule is COC(=O)c1ccc(C2c3c(-c4ccccc4O)n[nH]c3C(=O)N2Cc2ccc(F)cc2)cc1. The summed E-state index contributed by atoms with van der Waals surface area (Å²) < 4.78 is 18.2. The fourth-order valence-corrected chi connectivity index (χ4v) is 4.29. The second kappa shape index (κ2) is 8.47. The molecule has 7 nitrogen and oxygen atoms in total. The number of fused-ring (bicyclic) bond motifs is 1. The van der Waals surface area contributed by atoms with E-state index in [0.717, 1.165) is 11.1 Å². The number of rotatable bonds is 5. The third-order valence-electron chi connectivity index (χ3n) is 5.94. The van der Waals surface area contributed by atoms with Crippen molar-refractivity contribution in [1.29, 1.82) is 0 Å². The van der Waals surface area contributed by atoms with Crippen LogP contribution in [0.4, 0.5) is 4.39 Å². The number of methoxy groups -OCH3 is 1. The Morgan fingerprint density at radius 1 is 1.09 bits per heavy atom. The molecule has 34 heavy (non-hydrogen) atoms. The van der Waals surface area contributed by atoms with E-state index in [1.165, 1.54) is 19.2 Å². The minimum absolute atomic E-state index is 0.0426. The number of aromatic hydroxyl groups is 1. The average molecular weight is 457 g/mol. The Balaban J connectivity index is 1.63. The van der Waals surface area contributed by atoms with Gasteiger partial charge in [-0.05, 0) is 47.5 Å². The van der Waals surface area contributed by atoms with Crippen LogP contribution in [0.1, 0.15) is 43.6 Å². The zero-order chi connectivity index (χ0) is 23.8. The zero-order valence-corrected chi connectivity index (χ0v) is 18.2. The van der Waals surface area contributed by atoms with Crippen LogP contribution in [0.2, 0.25) is 0 Å². The number of halogens is 1. The number of nitrogens with zero attached hydrogens (tertiary/aromatic N) is 2. The van der Waals surface area contributed by atoms with Gasteiger partial charge in [-0.25, -0.2) is 9.18 Å². The number of hydrogen-bond donors (Lipinski definition) is 2. The Morgan fingerprint density at radius 3 is 2.47 bits per heavy atom. The minimum Gasteiger partial charge on any atom is -0.507 e. The molecule has 0 aliphatic carbocycles. The van der Waals surface area contributed by atoms with E-state index in [2.05, 4.69) is 10.2 Å². The first-order valence-corrected chi connectivity index (χ1v) is 10.6. The number of aromatic nitrogens is 2. The van der Waals surface area contributed by atoms with Gasteiger partial charge in [0, 0.05) is 17.7 Å². The lowest BCUT2D eigenvalue weighted by molar-refractivity contribution is 0.0600. The van der Waals surface area contributed by atoms with Gasteiger partial charge in [-0.1, -0.05) is 36.4 Å². The summed E-state index contributed by atoms with van der Waals surface area (Å²) in [7, 11) is 1.31. The first kappa shape index (κ1) is 21.4. The molecule has 1 aromatic heterocycles. The Bertz CT molecular complexity index is 1380. The van der Waals surface area contributed by atoms with Gasteiger partial charge < -0.3 is 14.7 Å². The fraction of sp³-hybridized carbons (Fsp3) is 0.115. The van der Waals surface area contributed by atoms with E-state index in [9.17, 15) is 19.1 Å². The maximum absolute atomic E-state index is 13.4. The Kier molecular flexibility index (Phi) is 5.33. The van der Waals surface area contributed by atoms with E-state index in [-0.39, 0.29) is 24.0 Å². The summed E-state index contributed by atoms with van der Waals surface area (Å²) in [6.07, 6.45) is 0. The van der Waals surface area contributed by atoms with E-state index in [1.54, 1.807) is 65.6 Å². The molecule has 4 aromatic rings. The van der Waals surface area contributed by atoms with Crippen LogP contribution in [0.25, 0.3) is 11.3 Å².